The number of nitrogens with one attached hydrogen (secondary N) is 2. The van der Waals surface area contributed by atoms with E-state index >= 15 is 0 Å². The third kappa shape index (κ3) is 1.84. The predicted molar refractivity (Wildman–Crippen MR) is 29.9 cm³/mol. The van der Waals surface area contributed by atoms with Crippen molar-refractivity contribution in [3.05, 3.63) is 0 Å². The first-order chi connectivity index (χ1) is 4.25. The number of hydrogen-bond donors (Lipinski definition) is 2. The van der Waals surface area contributed by atoms with Crippen molar-refractivity contribution in [1.29, 1.82) is 0 Å². The van der Waals surface area contributed by atoms with Crippen molar-refractivity contribution in [3.63, 3.8) is 0 Å². The second-order valence-electron chi connectivity index (χ2n) is 2.02. The van der Waals surface area contributed by atoms with Gasteiger partial charge in [0.2, 0.25) is 5.91 Å². The van der Waals surface area contributed by atoms with E-state index in [9.17, 15) is 9.59 Å². The smallest absolute Gasteiger partial charge is 0.540 e. The Labute approximate surface area is 84.0 Å². The van der Waals surface area contributed by atoms with Gasteiger partial charge in [0.1, 0.15) is 0 Å². The van der Waals surface area contributed by atoms with Crippen molar-refractivity contribution in [3.8, 4) is 0 Å². The molecule has 4 nitrogen and oxygen atoms in total. The zero-order valence-corrected chi connectivity index (χ0v) is 8.39. The van der Waals surface area contributed by atoms with E-state index in [1.54, 1.807) is 13.2 Å². The standard InChI is InChI=1S/C5H7N2O2.Y/c1-3-4(2-8)6-7-5(3)9;/h3-4,6H,1H3,(H,7,9);/q-1;+3. The van der Waals surface area contributed by atoms with Gasteiger partial charge in [0, 0.05) is 5.92 Å². The van der Waals surface area contributed by atoms with E-state index in [0.29, 0.717) is 0 Å². The summed E-state index contributed by atoms with van der Waals surface area (Å²) in [4.78, 5) is 20.6. The molecule has 1 aliphatic rings. The fourth-order valence-electron chi connectivity index (χ4n) is 0.671. The van der Waals surface area contributed by atoms with Crippen molar-refractivity contribution < 1.29 is 42.3 Å². The molecule has 1 rings (SSSR count). The van der Waals surface area contributed by atoms with Crippen LogP contribution >= 0.6 is 0 Å². The Morgan fingerprint density at radius 1 is 1.60 bits per heavy atom. The molecule has 0 spiro atoms. The fourth-order valence-corrected chi connectivity index (χ4v) is 0.671. The molecule has 50 valence electrons. The Hall–Kier alpha value is 0.204. The Kier molecular flexibility index (Phi) is 4.24. The van der Waals surface area contributed by atoms with Crippen molar-refractivity contribution in [2.45, 2.75) is 13.0 Å². The molecule has 5 heteroatoms. The number of carbonyl (C=O) groups is 1. The number of hydrazine groups is 1. The minimum atomic E-state index is -0.475. The molecule has 0 saturated carbocycles. The van der Waals surface area contributed by atoms with Gasteiger partial charge < -0.3 is 4.79 Å². The number of carbonyl (C=O) groups excluding carboxylic acids is 2. The summed E-state index contributed by atoms with van der Waals surface area (Å²) >= 11 is 0. The number of rotatable bonds is 1. The molecule has 0 aliphatic carbocycles. The maximum atomic E-state index is 10.6. The van der Waals surface area contributed by atoms with Crippen molar-refractivity contribution in [1.82, 2.24) is 10.9 Å². The van der Waals surface area contributed by atoms with Crippen LogP contribution in [0.15, 0.2) is 0 Å². The van der Waals surface area contributed by atoms with E-state index in [4.69, 9.17) is 0 Å². The topological polar surface area (TPSA) is 58.2 Å². The summed E-state index contributed by atoms with van der Waals surface area (Å²) < 4.78 is 0. The van der Waals surface area contributed by atoms with E-state index in [-0.39, 0.29) is 44.5 Å². The van der Waals surface area contributed by atoms with E-state index in [0.717, 1.165) is 0 Å². The first-order valence-electron chi connectivity index (χ1n) is 2.68. The Morgan fingerprint density at radius 2 is 2.20 bits per heavy atom. The van der Waals surface area contributed by atoms with E-state index in [1.807, 2.05) is 0 Å². The van der Waals surface area contributed by atoms with Crippen molar-refractivity contribution in [2.24, 2.45) is 5.92 Å². The zero-order chi connectivity index (χ0) is 6.85. The van der Waals surface area contributed by atoms with Gasteiger partial charge in [-0.2, -0.15) is 0 Å². The SMILES string of the molecule is CC1C(=O)NNC1[C-]=O.[Y+3]. The Balaban J connectivity index is 0.000000810. The van der Waals surface area contributed by atoms with Crippen LogP contribution in [0.5, 0.6) is 0 Å². The molecular formula is C5H7N2O2Y+2. The second-order valence-corrected chi connectivity index (χ2v) is 2.02. The molecule has 0 aromatic rings. The molecule has 1 amide bonds. The first kappa shape index (κ1) is 10.2. The number of hydrogen-bond acceptors (Lipinski definition) is 3. The van der Waals surface area contributed by atoms with Gasteiger partial charge in [-0.05, 0) is 0 Å². The summed E-state index contributed by atoms with van der Waals surface area (Å²) in [5.41, 5.74) is 4.80. The largest absolute Gasteiger partial charge is 3.00 e. The van der Waals surface area contributed by atoms with E-state index in [1.165, 1.54) is 0 Å². The maximum absolute atomic E-state index is 10.6. The van der Waals surface area contributed by atoms with Gasteiger partial charge in [-0.3, -0.25) is 15.6 Å². The van der Waals surface area contributed by atoms with Crippen LogP contribution < -0.4 is 10.9 Å². The first-order valence-corrected chi connectivity index (χ1v) is 2.68. The summed E-state index contributed by atoms with van der Waals surface area (Å²) in [5.74, 6) is -0.439. The number of amides is 1. The summed E-state index contributed by atoms with van der Waals surface area (Å²) in [7, 11) is 0. The van der Waals surface area contributed by atoms with Gasteiger partial charge in [-0.1, -0.05) is 13.0 Å². The molecule has 1 heterocycles. The van der Waals surface area contributed by atoms with Crippen LogP contribution in [0.4, 0.5) is 0 Å². The summed E-state index contributed by atoms with van der Waals surface area (Å²) in [6.45, 7) is 1.67. The summed E-state index contributed by atoms with van der Waals surface area (Å²) in [6.07, 6.45) is 1.70. The van der Waals surface area contributed by atoms with Gasteiger partial charge in [0.05, 0.1) is 0 Å². The summed E-state index contributed by atoms with van der Waals surface area (Å²) in [5, 5.41) is 0. The van der Waals surface area contributed by atoms with Crippen LogP contribution in [0, 0.1) is 5.92 Å². The second kappa shape index (κ2) is 4.16. The van der Waals surface area contributed by atoms with Crippen molar-refractivity contribution in [2.75, 3.05) is 0 Å². The van der Waals surface area contributed by atoms with E-state index in [2.05, 4.69) is 10.9 Å². The maximum Gasteiger partial charge on any atom is 3.00 e. The molecule has 2 N–H and O–H groups in total. The van der Waals surface area contributed by atoms with E-state index < -0.39 is 6.04 Å². The van der Waals surface area contributed by atoms with Gasteiger partial charge in [-0.15, -0.1) is 0 Å². The van der Waals surface area contributed by atoms with Crippen LogP contribution in [-0.2, 0) is 42.3 Å². The monoisotopic (exact) mass is 216 g/mol. The van der Waals surface area contributed by atoms with Crippen molar-refractivity contribution >= 4 is 12.2 Å². The van der Waals surface area contributed by atoms with Gasteiger partial charge in [-0.25, -0.2) is 6.29 Å². The molecule has 0 radical (unpaired) electrons. The molecule has 1 aliphatic heterocycles. The third-order valence-corrected chi connectivity index (χ3v) is 1.39. The Bertz CT molecular complexity index is 151. The normalized spacial score (nSPS) is 30.7. The average molecular weight is 216 g/mol. The molecule has 10 heavy (non-hydrogen) atoms. The van der Waals surface area contributed by atoms with Gasteiger partial charge >= 0.3 is 32.7 Å². The quantitative estimate of drug-likeness (QED) is 0.537. The van der Waals surface area contributed by atoms with Gasteiger partial charge in [0.15, 0.2) is 0 Å². The van der Waals surface area contributed by atoms with Crippen LogP contribution in [-0.4, -0.2) is 18.2 Å². The van der Waals surface area contributed by atoms with Crippen LogP contribution in [0.25, 0.3) is 0 Å². The molecule has 0 bridgehead atoms. The molecular weight excluding hydrogens is 209 g/mol. The fraction of sp³-hybridized carbons (Fsp3) is 0.600. The molecule has 1 saturated heterocycles. The zero-order valence-electron chi connectivity index (χ0n) is 5.55. The van der Waals surface area contributed by atoms with Crippen LogP contribution in [0.1, 0.15) is 6.92 Å². The minimum absolute atomic E-state index is 0. The average Bonchev–Trinajstić information content (AvgIpc) is 2.15. The minimum Gasteiger partial charge on any atom is -0.540 e. The van der Waals surface area contributed by atoms with Crippen LogP contribution in [0.3, 0.4) is 0 Å². The molecule has 1 fully saturated rings. The Morgan fingerprint density at radius 3 is 2.40 bits per heavy atom. The molecule has 0 aromatic heterocycles. The summed E-state index contributed by atoms with van der Waals surface area (Å²) in [6, 6.07) is -0.475. The van der Waals surface area contributed by atoms with Crippen LogP contribution in [0.2, 0.25) is 0 Å². The van der Waals surface area contributed by atoms with Gasteiger partial charge in [0.25, 0.3) is 0 Å². The molecule has 0 aromatic carbocycles. The molecule has 2 unspecified atom stereocenters. The predicted octanol–water partition coefficient (Wildman–Crippen LogP) is -1.27. The molecule has 2 atom stereocenters. The third-order valence-electron chi connectivity index (χ3n) is 1.39.